The molecule has 0 saturated heterocycles. The minimum atomic E-state index is -4.40. The largest absolute Gasteiger partial charge is 0.416 e. The van der Waals surface area contributed by atoms with Gasteiger partial charge in [-0.2, -0.15) is 13.2 Å². The second-order valence-electron chi connectivity index (χ2n) is 5.91. The molecule has 2 N–H and O–H groups in total. The summed E-state index contributed by atoms with van der Waals surface area (Å²) in [6.07, 6.45) is 1.51. The number of nitrogens with one attached hydrogen (secondary N) is 2. The van der Waals surface area contributed by atoms with Crippen molar-refractivity contribution in [2.75, 3.05) is 5.32 Å². The number of pyridine rings is 2. The van der Waals surface area contributed by atoms with Gasteiger partial charge in [-0.15, -0.1) is 0 Å². The predicted molar refractivity (Wildman–Crippen MR) is 98.1 cm³/mol. The molecule has 0 aliphatic rings. The van der Waals surface area contributed by atoms with Crippen LogP contribution in [-0.2, 0) is 6.18 Å². The van der Waals surface area contributed by atoms with E-state index in [2.05, 4.69) is 25.3 Å². The zero-order valence-electron chi connectivity index (χ0n) is 14.2. The summed E-state index contributed by atoms with van der Waals surface area (Å²) >= 11 is 0. The molecule has 3 aromatic heterocycles. The smallest absolute Gasteiger partial charge is 0.361 e. The Morgan fingerprint density at radius 2 is 1.71 bits per heavy atom. The van der Waals surface area contributed by atoms with E-state index < -0.39 is 11.7 Å². The molecular formula is C19H12F3N5O. The number of halogens is 3. The van der Waals surface area contributed by atoms with Crippen LogP contribution in [0.2, 0.25) is 0 Å². The monoisotopic (exact) mass is 383 g/mol. The molecule has 0 radical (unpaired) electrons. The van der Waals surface area contributed by atoms with Gasteiger partial charge in [0, 0.05) is 36.5 Å². The molecule has 0 fully saturated rings. The lowest BCUT2D eigenvalue weighted by Gasteiger charge is -2.11. The van der Waals surface area contributed by atoms with Gasteiger partial charge in [-0.05, 0) is 30.3 Å². The Morgan fingerprint density at radius 1 is 0.964 bits per heavy atom. The van der Waals surface area contributed by atoms with E-state index in [0.717, 1.165) is 12.1 Å². The van der Waals surface area contributed by atoms with Gasteiger partial charge in [0.1, 0.15) is 5.69 Å². The Kier molecular flexibility index (Phi) is 4.26. The van der Waals surface area contributed by atoms with Crippen LogP contribution in [0.15, 0.2) is 66.0 Å². The zero-order chi connectivity index (χ0) is 19.7. The van der Waals surface area contributed by atoms with Crippen LogP contribution in [0.4, 0.5) is 24.7 Å². The lowest BCUT2D eigenvalue weighted by molar-refractivity contribution is -0.137. The lowest BCUT2D eigenvalue weighted by atomic mass is 10.2. The number of fused-ring (bicyclic) bond motifs is 1. The average molecular weight is 383 g/mol. The molecule has 0 unspecified atom stereocenters. The van der Waals surface area contributed by atoms with Gasteiger partial charge in [0.2, 0.25) is 0 Å². The average Bonchev–Trinajstić information content (AvgIpc) is 2.68. The van der Waals surface area contributed by atoms with Gasteiger partial charge in [-0.1, -0.05) is 0 Å². The fraction of sp³-hybridized carbons (Fsp3) is 0.0526. The highest BCUT2D eigenvalue weighted by atomic mass is 19.4. The predicted octanol–water partition coefficient (Wildman–Crippen LogP) is 4.14. The molecule has 4 rings (SSSR count). The number of hydrogen-bond donors (Lipinski definition) is 2. The topological polar surface area (TPSA) is 83.6 Å². The van der Waals surface area contributed by atoms with E-state index in [4.69, 9.17) is 0 Å². The Balaban J connectivity index is 1.70. The van der Waals surface area contributed by atoms with Crippen molar-refractivity contribution in [3.8, 4) is 11.4 Å². The quantitative estimate of drug-likeness (QED) is 0.556. The summed E-state index contributed by atoms with van der Waals surface area (Å²) in [5.74, 6) is 0.326. The molecule has 0 aliphatic carbocycles. The van der Waals surface area contributed by atoms with Crippen LogP contribution < -0.4 is 10.7 Å². The number of aromatic amines is 1. The Bertz CT molecular complexity index is 1200. The number of rotatable bonds is 3. The third-order valence-electron chi connectivity index (χ3n) is 4.06. The van der Waals surface area contributed by atoms with Crippen molar-refractivity contribution < 1.29 is 13.2 Å². The molecule has 140 valence electrons. The van der Waals surface area contributed by atoms with Crippen LogP contribution in [-0.4, -0.2) is 19.9 Å². The maximum Gasteiger partial charge on any atom is 0.416 e. The molecular weight excluding hydrogens is 371 g/mol. The van der Waals surface area contributed by atoms with Crippen molar-refractivity contribution in [2.45, 2.75) is 6.18 Å². The molecule has 1 aromatic carbocycles. The number of alkyl halides is 3. The summed E-state index contributed by atoms with van der Waals surface area (Å²) in [6, 6.07) is 7.66. The first-order chi connectivity index (χ1) is 13.4. The Morgan fingerprint density at radius 3 is 2.46 bits per heavy atom. The van der Waals surface area contributed by atoms with Crippen molar-refractivity contribution in [1.82, 2.24) is 19.9 Å². The summed E-state index contributed by atoms with van der Waals surface area (Å²) in [5.41, 5.74) is 0.964. The summed E-state index contributed by atoms with van der Waals surface area (Å²) < 4.78 is 38.1. The number of nitrogens with zero attached hydrogens (tertiary/aromatic N) is 3. The molecule has 0 bridgehead atoms. The van der Waals surface area contributed by atoms with Crippen molar-refractivity contribution in [3.63, 3.8) is 0 Å². The Labute approximate surface area is 156 Å². The number of hydrogen-bond acceptors (Lipinski definition) is 5. The summed E-state index contributed by atoms with van der Waals surface area (Å²) in [6.45, 7) is 0. The first kappa shape index (κ1) is 17.7. The highest BCUT2D eigenvalue weighted by molar-refractivity contribution is 5.83. The van der Waals surface area contributed by atoms with Crippen molar-refractivity contribution in [2.24, 2.45) is 0 Å². The number of aromatic nitrogens is 4. The van der Waals surface area contributed by atoms with Gasteiger partial charge in [-0.25, -0.2) is 9.97 Å². The molecule has 0 amide bonds. The van der Waals surface area contributed by atoms with Crippen molar-refractivity contribution in [1.29, 1.82) is 0 Å². The molecule has 0 aliphatic heterocycles. The van der Waals surface area contributed by atoms with Crippen LogP contribution in [0.5, 0.6) is 0 Å². The molecule has 0 spiro atoms. The van der Waals surface area contributed by atoms with Gasteiger partial charge >= 0.3 is 6.18 Å². The van der Waals surface area contributed by atoms with E-state index in [0.29, 0.717) is 33.8 Å². The minimum Gasteiger partial charge on any atom is -0.361 e. The second kappa shape index (κ2) is 6.76. The van der Waals surface area contributed by atoms with Gasteiger partial charge in [0.25, 0.3) is 0 Å². The van der Waals surface area contributed by atoms with Gasteiger partial charge in [-0.3, -0.25) is 9.78 Å². The van der Waals surface area contributed by atoms with Gasteiger partial charge < -0.3 is 10.3 Å². The first-order valence-electron chi connectivity index (χ1n) is 8.15. The maximum absolute atomic E-state index is 12.7. The van der Waals surface area contributed by atoms with E-state index in [1.54, 1.807) is 6.07 Å². The van der Waals surface area contributed by atoms with Crippen LogP contribution in [0.25, 0.3) is 22.3 Å². The standard InChI is InChI=1S/C19H12F3N5O/c20-19(21,22)11-1-3-12(4-2-11)27-18-17(24-7-8-25-18)15-9-14-13(10-26-15)16(28)5-6-23-14/h1-10H,(H,23,28)(H,25,27). The van der Waals surface area contributed by atoms with E-state index in [1.807, 2.05) is 0 Å². The first-order valence-corrected chi connectivity index (χ1v) is 8.15. The van der Waals surface area contributed by atoms with Crippen molar-refractivity contribution >= 4 is 22.4 Å². The zero-order valence-corrected chi connectivity index (χ0v) is 14.2. The second-order valence-corrected chi connectivity index (χ2v) is 5.91. The molecule has 9 heteroatoms. The number of H-pyrrole nitrogens is 1. The van der Waals surface area contributed by atoms with Gasteiger partial charge in [0.15, 0.2) is 11.2 Å². The van der Waals surface area contributed by atoms with E-state index in [9.17, 15) is 18.0 Å². The van der Waals surface area contributed by atoms with E-state index >= 15 is 0 Å². The van der Waals surface area contributed by atoms with E-state index in [-0.39, 0.29) is 5.43 Å². The van der Waals surface area contributed by atoms with E-state index in [1.165, 1.54) is 43.0 Å². The molecule has 4 aromatic rings. The normalized spacial score (nSPS) is 11.5. The van der Waals surface area contributed by atoms with Crippen LogP contribution in [0.1, 0.15) is 5.56 Å². The molecule has 28 heavy (non-hydrogen) atoms. The summed E-state index contributed by atoms with van der Waals surface area (Å²) in [4.78, 5) is 27.6. The van der Waals surface area contributed by atoms with Crippen LogP contribution in [0, 0.1) is 0 Å². The highest BCUT2D eigenvalue weighted by Gasteiger charge is 2.30. The van der Waals surface area contributed by atoms with Crippen molar-refractivity contribution in [3.05, 3.63) is 77.0 Å². The highest BCUT2D eigenvalue weighted by Crippen LogP contribution is 2.31. The number of anilines is 2. The molecule has 3 heterocycles. The molecule has 6 nitrogen and oxygen atoms in total. The van der Waals surface area contributed by atoms with Crippen LogP contribution in [0.3, 0.4) is 0 Å². The molecule has 0 atom stereocenters. The third kappa shape index (κ3) is 3.41. The third-order valence-corrected chi connectivity index (χ3v) is 4.06. The summed E-state index contributed by atoms with van der Waals surface area (Å²) in [7, 11) is 0. The molecule has 0 saturated carbocycles. The maximum atomic E-state index is 12.7. The van der Waals surface area contributed by atoms with Gasteiger partial charge in [0.05, 0.1) is 22.2 Å². The number of benzene rings is 1. The fourth-order valence-corrected chi connectivity index (χ4v) is 2.69. The minimum absolute atomic E-state index is 0.157. The lowest BCUT2D eigenvalue weighted by Crippen LogP contribution is -2.05. The SMILES string of the molecule is O=c1cc[nH]c2cc(-c3nccnc3Nc3ccc(C(F)(F)F)cc3)ncc12. The fourth-order valence-electron chi connectivity index (χ4n) is 2.69. The van der Waals surface area contributed by atoms with Crippen LogP contribution >= 0.6 is 0 Å². The Hall–Kier alpha value is -3.75. The summed E-state index contributed by atoms with van der Waals surface area (Å²) in [5, 5.41) is 3.39.